The fourth-order valence-corrected chi connectivity index (χ4v) is 2.15. The largest absolute Gasteiger partial charge is 0.480 e. The van der Waals surface area contributed by atoms with Gasteiger partial charge in [-0.05, 0) is 43.4 Å². The monoisotopic (exact) mass is 269 g/mol. The number of aliphatic carboxylic acids is 1. The van der Waals surface area contributed by atoms with Crippen LogP contribution < -0.4 is 0 Å². The van der Waals surface area contributed by atoms with Gasteiger partial charge in [-0.15, -0.1) is 0 Å². The average Bonchev–Trinajstić information content (AvgIpc) is 3.14. The van der Waals surface area contributed by atoms with Crippen molar-refractivity contribution in [3.8, 4) is 0 Å². The third-order valence-electron chi connectivity index (χ3n) is 3.50. The van der Waals surface area contributed by atoms with E-state index in [2.05, 4.69) is 0 Å². The molecular weight excluding hydrogens is 252 g/mol. The summed E-state index contributed by atoms with van der Waals surface area (Å²) >= 11 is 0. The van der Waals surface area contributed by atoms with Crippen LogP contribution in [0.15, 0.2) is 18.2 Å². The van der Waals surface area contributed by atoms with E-state index in [4.69, 9.17) is 5.11 Å². The normalized spacial score (nSPS) is 16.6. The third-order valence-corrected chi connectivity index (χ3v) is 3.50. The van der Waals surface area contributed by atoms with E-state index < -0.39 is 17.6 Å². The van der Waals surface area contributed by atoms with Gasteiger partial charge in [0.2, 0.25) is 0 Å². The van der Waals surface area contributed by atoms with Crippen LogP contribution in [0.5, 0.6) is 0 Å². The van der Waals surface area contributed by atoms with E-state index in [0.717, 1.165) is 25.0 Å². The van der Waals surface area contributed by atoms with Crippen molar-refractivity contribution in [3.05, 3.63) is 35.4 Å². The van der Waals surface area contributed by atoms with Crippen LogP contribution in [0.2, 0.25) is 0 Å². The van der Waals surface area contributed by atoms with Crippen molar-refractivity contribution in [2.24, 2.45) is 5.92 Å². The van der Waals surface area contributed by atoms with Crippen LogP contribution in [0, 0.1) is 17.6 Å². The molecule has 2 rings (SSSR count). The Bertz CT molecular complexity index is 475. The Balaban J connectivity index is 2.13. The predicted octanol–water partition coefficient (Wildman–Crippen LogP) is 2.82. The highest BCUT2D eigenvalue weighted by Crippen LogP contribution is 2.32. The summed E-state index contributed by atoms with van der Waals surface area (Å²) in [7, 11) is 0. The van der Waals surface area contributed by atoms with Gasteiger partial charge in [0.05, 0.1) is 6.54 Å². The van der Waals surface area contributed by atoms with Crippen LogP contribution in [0.25, 0.3) is 0 Å². The Kier molecular flexibility index (Phi) is 4.14. The molecular formula is C14H17F2NO2. The number of nitrogens with zero attached hydrogens (tertiary/aromatic N) is 1. The van der Waals surface area contributed by atoms with Crippen molar-refractivity contribution in [2.75, 3.05) is 13.1 Å². The fraction of sp³-hybridized carbons (Fsp3) is 0.500. The molecule has 0 aliphatic heterocycles. The van der Waals surface area contributed by atoms with Gasteiger partial charge < -0.3 is 5.11 Å². The molecule has 1 atom stereocenters. The second kappa shape index (κ2) is 5.65. The van der Waals surface area contributed by atoms with E-state index in [1.165, 1.54) is 6.07 Å². The van der Waals surface area contributed by atoms with Crippen molar-refractivity contribution in [2.45, 2.75) is 25.8 Å². The summed E-state index contributed by atoms with van der Waals surface area (Å²) in [5.74, 6) is -2.16. The van der Waals surface area contributed by atoms with Crippen LogP contribution >= 0.6 is 0 Å². The number of rotatable bonds is 6. The number of carboxylic acid groups (broad SMARTS) is 1. The molecule has 1 N–H and O–H groups in total. The molecule has 5 heteroatoms. The molecule has 1 fully saturated rings. The molecule has 0 heterocycles. The summed E-state index contributed by atoms with van der Waals surface area (Å²) in [5.41, 5.74) is 0.598. The van der Waals surface area contributed by atoms with Crippen molar-refractivity contribution in [3.63, 3.8) is 0 Å². The maximum Gasteiger partial charge on any atom is 0.317 e. The molecule has 0 spiro atoms. The molecule has 1 unspecified atom stereocenters. The van der Waals surface area contributed by atoms with Gasteiger partial charge in [-0.25, -0.2) is 8.78 Å². The van der Waals surface area contributed by atoms with Crippen LogP contribution in [-0.4, -0.2) is 29.1 Å². The van der Waals surface area contributed by atoms with Crippen molar-refractivity contribution in [1.29, 1.82) is 0 Å². The zero-order valence-electron chi connectivity index (χ0n) is 10.8. The molecule has 0 amide bonds. The smallest absolute Gasteiger partial charge is 0.317 e. The van der Waals surface area contributed by atoms with Crippen LogP contribution in [0.1, 0.15) is 31.4 Å². The van der Waals surface area contributed by atoms with Gasteiger partial charge in [0.15, 0.2) is 11.6 Å². The highest BCUT2D eigenvalue weighted by molar-refractivity contribution is 5.69. The highest BCUT2D eigenvalue weighted by atomic mass is 19.2. The lowest BCUT2D eigenvalue weighted by Crippen LogP contribution is -2.34. The van der Waals surface area contributed by atoms with Crippen molar-refractivity contribution >= 4 is 5.97 Å². The van der Waals surface area contributed by atoms with E-state index in [0.29, 0.717) is 18.0 Å². The quantitative estimate of drug-likeness (QED) is 0.863. The highest BCUT2D eigenvalue weighted by Gasteiger charge is 2.28. The Hall–Kier alpha value is -1.49. The molecule has 0 radical (unpaired) electrons. The van der Waals surface area contributed by atoms with Gasteiger partial charge in [-0.2, -0.15) is 0 Å². The standard InChI is InChI=1S/C14H17F2NO2/c1-9(11-4-5-12(15)13(16)6-11)17(8-14(18)19)7-10-2-3-10/h4-6,9-10H,2-3,7-8H2,1H3,(H,18,19). The molecule has 104 valence electrons. The van der Waals surface area contributed by atoms with E-state index in [-0.39, 0.29) is 12.6 Å². The summed E-state index contributed by atoms with van der Waals surface area (Å²) < 4.78 is 26.1. The van der Waals surface area contributed by atoms with E-state index >= 15 is 0 Å². The lowest BCUT2D eigenvalue weighted by molar-refractivity contribution is -0.139. The zero-order chi connectivity index (χ0) is 14.0. The lowest BCUT2D eigenvalue weighted by Gasteiger charge is -2.28. The molecule has 1 saturated carbocycles. The van der Waals surface area contributed by atoms with Crippen LogP contribution in [-0.2, 0) is 4.79 Å². The van der Waals surface area contributed by atoms with Crippen molar-refractivity contribution < 1.29 is 18.7 Å². The molecule has 19 heavy (non-hydrogen) atoms. The van der Waals surface area contributed by atoms with Gasteiger partial charge in [-0.3, -0.25) is 9.69 Å². The Labute approximate surface area is 110 Å². The topological polar surface area (TPSA) is 40.5 Å². The summed E-state index contributed by atoms with van der Waals surface area (Å²) in [6, 6.07) is 3.48. The minimum absolute atomic E-state index is 0.0866. The Morgan fingerprint density at radius 3 is 2.63 bits per heavy atom. The minimum atomic E-state index is -0.907. The van der Waals surface area contributed by atoms with Gasteiger partial charge in [0.25, 0.3) is 0 Å². The molecule has 1 aromatic carbocycles. The summed E-state index contributed by atoms with van der Waals surface area (Å²) in [6.45, 7) is 2.42. The SMILES string of the molecule is CC(c1ccc(F)c(F)c1)N(CC(=O)O)CC1CC1. The first-order valence-corrected chi connectivity index (χ1v) is 6.38. The Morgan fingerprint density at radius 2 is 2.11 bits per heavy atom. The summed E-state index contributed by atoms with van der Waals surface area (Å²) in [6.07, 6.45) is 2.22. The first kappa shape index (κ1) is 13.9. The third kappa shape index (κ3) is 3.73. The second-order valence-electron chi connectivity index (χ2n) is 5.12. The number of halogens is 2. The van der Waals surface area contributed by atoms with Gasteiger partial charge >= 0.3 is 5.97 Å². The minimum Gasteiger partial charge on any atom is -0.480 e. The summed E-state index contributed by atoms with van der Waals surface area (Å²) in [4.78, 5) is 12.7. The maximum atomic E-state index is 13.2. The molecule has 1 aromatic rings. The van der Waals surface area contributed by atoms with E-state index in [1.54, 1.807) is 4.90 Å². The number of benzene rings is 1. The molecule has 0 saturated heterocycles. The number of carbonyl (C=O) groups is 1. The molecule has 3 nitrogen and oxygen atoms in total. The number of carboxylic acids is 1. The van der Waals surface area contributed by atoms with Gasteiger partial charge in [0.1, 0.15) is 0 Å². The summed E-state index contributed by atoms with van der Waals surface area (Å²) in [5, 5.41) is 8.94. The fourth-order valence-electron chi connectivity index (χ4n) is 2.15. The van der Waals surface area contributed by atoms with Crippen LogP contribution in [0.3, 0.4) is 0 Å². The first-order valence-electron chi connectivity index (χ1n) is 6.38. The van der Waals surface area contributed by atoms with Crippen LogP contribution in [0.4, 0.5) is 8.78 Å². The average molecular weight is 269 g/mol. The molecule has 0 aromatic heterocycles. The number of hydrogen-bond donors (Lipinski definition) is 1. The lowest BCUT2D eigenvalue weighted by atomic mass is 10.1. The van der Waals surface area contributed by atoms with E-state index in [1.807, 2.05) is 6.92 Å². The first-order chi connectivity index (χ1) is 8.97. The van der Waals surface area contributed by atoms with Crippen molar-refractivity contribution in [1.82, 2.24) is 4.90 Å². The maximum absolute atomic E-state index is 13.2. The molecule has 0 bridgehead atoms. The van der Waals surface area contributed by atoms with Gasteiger partial charge in [0, 0.05) is 12.6 Å². The Morgan fingerprint density at radius 1 is 1.42 bits per heavy atom. The molecule has 1 aliphatic carbocycles. The van der Waals surface area contributed by atoms with E-state index in [9.17, 15) is 13.6 Å². The second-order valence-corrected chi connectivity index (χ2v) is 5.12. The zero-order valence-corrected chi connectivity index (χ0v) is 10.8. The number of hydrogen-bond acceptors (Lipinski definition) is 2. The van der Waals surface area contributed by atoms with Gasteiger partial charge in [-0.1, -0.05) is 6.07 Å². The molecule has 1 aliphatic rings. The predicted molar refractivity (Wildman–Crippen MR) is 66.7 cm³/mol.